The van der Waals surface area contributed by atoms with Crippen molar-refractivity contribution < 1.29 is 19.0 Å². The van der Waals surface area contributed by atoms with Gasteiger partial charge in [0.2, 0.25) is 0 Å². The average molecular weight is 603 g/mol. The Morgan fingerprint density at radius 2 is 1.53 bits per heavy atom. The summed E-state index contributed by atoms with van der Waals surface area (Å²) in [6.45, 7) is 15.7. The van der Waals surface area contributed by atoms with Crippen molar-refractivity contribution in [2.75, 3.05) is 14.2 Å². The molecule has 45 heavy (non-hydrogen) atoms. The number of aromatic nitrogens is 1. The minimum atomic E-state index is -0.556. The molecular weight excluding hydrogens is 560 g/mol. The van der Waals surface area contributed by atoms with Gasteiger partial charge in [0.15, 0.2) is 11.5 Å². The Morgan fingerprint density at radius 1 is 0.844 bits per heavy atom. The molecule has 0 unspecified atom stereocenters. The first-order chi connectivity index (χ1) is 21.5. The standard InChI is InChI=1S/C39H42N2O4/c1-25-27(3)41(24-28-13-16-30(17-14-28)32-11-9-10-12-33(32)38(42)45-39(4,5)6)35-19-18-31(22-34(25)35)26(2)40-23-29-15-20-36(43-7)37(21-29)44-8/h9-22,40H,2,23-24H2,1,3-8H3. The van der Waals surface area contributed by atoms with Crippen LogP contribution in [0.2, 0.25) is 0 Å². The molecule has 6 heteroatoms. The average Bonchev–Trinajstić information content (AvgIpc) is 3.27. The van der Waals surface area contributed by atoms with E-state index >= 15 is 0 Å². The van der Waals surface area contributed by atoms with Crippen molar-refractivity contribution >= 4 is 22.6 Å². The van der Waals surface area contributed by atoms with Gasteiger partial charge in [-0.05, 0) is 98.3 Å². The van der Waals surface area contributed by atoms with Crippen LogP contribution in [-0.4, -0.2) is 30.4 Å². The van der Waals surface area contributed by atoms with Gasteiger partial charge in [-0.3, -0.25) is 0 Å². The zero-order valence-electron chi connectivity index (χ0n) is 27.3. The summed E-state index contributed by atoms with van der Waals surface area (Å²) < 4.78 is 18.8. The third-order valence-electron chi connectivity index (χ3n) is 8.09. The van der Waals surface area contributed by atoms with Gasteiger partial charge in [-0.25, -0.2) is 4.79 Å². The number of aryl methyl sites for hydroxylation is 1. The van der Waals surface area contributed by atoms with Crippen molar-refractivity contribution in [3.63, 3.8) is 0 Å². The lowest BCUT2D eigenvalue weighted by Crippen LogP contribution is -2.24. The van der Waals surface area contributed by atoms with Crippen molar-refractivity contribution in [2.24, 2.45) is 0 Å². The van der Waals surface area contributed by atoms with Crippen molar-refractivity contribution in [1.82, 2.24) is 9.88 Å². The molecule has 5 aromatic rings. The number of methoxy groups -OCH3 is 2. The minimum Gasteiger partial charge on any atom is -0.493 e. The first kappa shape index (κ1) is 31.5. The molecule has 0 saturated carbocycles. The number of benzene rings is 4. The minimum absolute atomic E-state index is 0.315. The molecule has 5 rings (SSSR count). The maximum absolute atomic E-state index is 12.9. The van der Waals surface area contributed by atoms with Gasteiger partial charge in [-0.2, -0.15) is 0 Å². The molecule has 0 radical (unpaired) electrons. The van der Waals surface area contributed by atoms with Gasteiger partial charge in [0, 0.05) is 35.4 Å². The van der Waals surface area contributed by atoms with Crippen LogP contribution in [0, 0.1) is 13.8 Å². The van der Waals surface area contributed by atoms with Crippen LogP contribution < -0.4 is 14.8 Å². The van der Waals surface area contributed by atoms with E-state index in [4.69, 9.17) is 14.2 Å². The molecule has 0 atom stereocenters. The van der Waals surface area contributed by atoms with E-state index in [1.54, 1.807) is 14.2 Å². The summed E-state index contributed by atoms with van der Waals surface area (Å²) in [5.41, 5.74) is 9.69. The SMILES string of the molecule is C=C(NCc1ccc(OC)c(OC)c1)c1ccc2c(c1)c(C)c(C)n2Cc1ccc(-c2ccccc2C(=O)OC(C)(C)C)cc1. The molecule has 0 spiro atoms. The van der Waals surface area contributed by atoms with E-state index < -0.39 is 5.60 Å². The van der Waals surface area contributed by atoms with Crippen LogP contribution in [0.4, 0.5) is 0 Å². The van der Waals surface area contributed by atoms with E-state index in [-0.39, 0.29) is 5.97 Å². The van der Waals surface area contributed by atoms with Gasteiger partial charge in [0.05, 0.1) is 19.8 Å². The molecule has 0 fully saturated rings. The summed E-state index contributed by atoms with van der Waals surface area (Å²) in [5, 5.41) is 4.67. The molecule has 4 aromatic carbocycles. The number of rotatable bonds is 10. The number of ether oxygens (including phenoxy) is 3. The topological polar surface area (TPSA) is 61.7 Å². The van der Waals surface area contributed by atoms with Crippen molar-refractivity contribution in [1.29, 1.82) is 0 Å². The summed E-state index contributed by atoms with van der Waals surface area (Å²) in [4.78, 5) is 12.9. The zero-order chi connectivity index (χ0) is 32.3. The van der Waals surface area contributed by atoms with Gasteiger partial charge in [-0.1, -0.05) is 61.2 Å². The molecule has 1 N–H and O–H groups in total. The van der Waals surface area contributed by atoms with Crippen LogP contribution in [0.5, 0.6) is 11.5 Å². The quantitative estimate of drug-likeness (QED) is 0.162. The third-order valence-corrected chi connectivity index (χ3v) is 8.09. The molecule has 0 bridgehead atoms. The predicted octanol–water partition coefficient (Wildman–Crippen LogP) is 8.71. The molecule has 1 heterocycles. The van der Waals surface area contributed by atoms with E-state index in [9.17, 15) is 4.79 Å². The van der Waals surface area contributed by atoms with Crippen LogP contribution in [0.3, 0.4) is 0 Å². The number of carbonyl (C=O) groups excluding carboxylic acids is 1. The second-order valence-electron chi connectivity index (χ2n) is 12.3. The van der Waals surface area contributed by atoms with E-state index in [0.717, 1.165) is 34.5 Å². The zero-order valence-corrected chi connectivity index (χ0v) is 27.3. The van der Waals surface area contributed by atoms with E-state index in [0.29, 0.717) is 23.6 Å². The number of carbonyl (C=O) groups is 1. The summed E-state index contributed by atoms with van der Waals surface area (Å²) in [6.07, 6.45) is 0. The number of hydrogen-bond donors (Lipinski definition) is 1. The number of nitrogens with zero attached hydrogens (tertiary/aromatic N) is 1. The Balaban J connectivity index is 1.33. The van der Waals surface area contributed by atoms with Crippen molar-refractivity contribution in [3.05, 3.63) is 125 Å². The Kier molecular flexibility index (Phi) is 9.05. The predicted molar refractivity (Wildman–Crippen MR) is 183 cm³/mol. The number of hydrogen-bond acceptors (Lipinski definition) is 5. The second-order valence-corrected chi connectivity index (χ2v) is 12.3. The van der Waals surface area contributed by atoms with Crippen LogP contribution in [0.25, 0.3) is 27.7 Å². The van der Waals surface area contributed by atoms with E-state index in [2.05, 4.69) is 72.8 Å². The van der Waals surface area contributed by atoms with Gasteiger partial charge >= 0.3 is 5.97 Å². The Hall–Kier alpha value is -4.97. The highest BCUT2D eigenvalue weighted by molar-refractivity contribution is 5.97. The van der Waals surface area contributed by atoms with Crippen LogP contribution in [-0.2, 0) is 17.8 Å². The number of fused-ring (bicyclic) bond motifs is 1. The normalized spacial score (nSPS) is 11.4. The molecule has 0 aliphatic heterocycles. The molecule has 232 valence electrons. The Bertz CT molecular complexity index is 1860. The highest BCUT2D eigenvalue weighted by Gasteiger charge is 2.21. The maximum Gasteiger partial charge on any atom is 0.339 e. The van der Waals surface area contributed by atoms with Crippen LogP contribution in [0.15, 0.2) is 91.5 Å². The molecule has 0 amide bonds. The van der Waals surface area contributed by atoms with Gasteiger partial charge in [0.25, 0.3) is 0 Å². The molecular formula is C39H42N2O4. The highest BCUT2D eigenvalue weighted by atomic mass is 16.6. The van der Waals surface area contributed by atoms with E-state index in [1.807, 2.05) is 63.2 Å². The fourth-order valence-corrected chi connectivity index (χ4v) is 5.56. The monoisotopic (exact) mass is 602 g/mol. The van der Waals surface area contributed by atoms with Gasteiger partial charge < -0.3 is 24.1 Å². The smallest absolute Gasteiger partial charge is 0.339 e. The first-order valence-electron chi connectivity index (χ1n) is 15.1. The molecule has 0 aliphatic carbocycles. The fraction of sp³-hybridized carbons (Fsp3) is 0.256. The maximum atomic E-state index is 12.9. The summed E-state index contributed by atoms with van der Waals surface area (Å²) in [6, 6.07) is 28.5. The second kappa shape index (κ2) is 12.9. The summed E-state index contributed by atoms with van der Waals surface area (Å²) in [5.74, 6) is 1.10. The van der Waals surface area contributed by atoms with Crippen LogP contribution in [0.1, 0.15) is 59.1 Å². The first-order valence-corrected chi connectivity index (χ1v) is 15.1. The van der Waals surface area contributed by atoms with Crippen molar-refractivity contribution in [3.8, 4) is 22.6 Å². The van der Waals surface area contributed by atoms with Crippen LogP contribution >= 0.6 is 0 Å². The molecule has 1 aromatic heterocycles. The summed E-state index contributed by atoms with van der Waals surface area (Å²) in [7, 11) is 3.28. The van der Waals surface area contributed by atoms with E-state index in [1.165, 1.54) is 27.7 Å². The summed E-state index contributed by atoms with van der Waals surface area (Å²) >= 11 is 0. The lowest BCUT2D eigenvalue weighted by Gasteiger charge is -2.20. The van der Waals surface area contributed by atoms with Gasteiger partial charge in [0.1, 0.15) is 5.60 Å². The van der Waals surface area contributed by atoms with Gasteiger partial charge in [-0.15, -0.1) is 0 Å². The largest absolute Gasteiger partial charge is 0.493 e. The Morgan fingerprint density at radius 3 is 2.22 bits per heavy atom. The highest BCUT2D eigenvalue weighted by Crippen LogP contribution is 2.31. The molecule has 0 saturated heterocycles. The molecule has 6 nitrogen and oxygen atoms in total. The fourth-order valence-electron chi connectivity index (χ4n) is 5.56. The lowest BCUT2D eigenvalue weighted by molar-refractivity contribution is 0.00704. The Labute approximate surface area is 266 Å². The number of nitrogens with one attached hydrogen (secondary N) is 1. The number of esters is 1. The third kappa shape index (κ3) is 6.91. The lowest BCUT2D eigenvalue weighted by atomic mass is 9.98. The van der Waals surface area contributed by atoms with Crippen molar-refractivity contribution in [2.45, 2.75) is 53.3 Å². The molecule has 0 aliphatic rings.